The van der Waals surface area contributed by atoms with Gasteiger partial charge >= 0.3 is 0 Å². The molecule has 16 heavy (non-hydrogen) atoms. The summed E-state index contributed by atoms with van der Waals surface area (Å²) in [5, 5.41) is 21.9. The van der Waals surface area contributed by atoms with Crippen LogP contribution in [-0.4, -0.2) is 30.6 Å². The van der Waals surface area contributed by atoms with E-state index in [1.54, 1.807) is 0 Å². The molecular weight excluding hydrogens is 325 g/mol. The number of aromatic nitrogens is 6. The summed E-state index contributed by atoms with van der Waals surface area (Å²) in [7, 11) is 0. The number of rotatable bonds is 0. The molecule has 1 aliphatic rings. The lowest BCUT2D eigenvalue weighted by atomic mass is 10.3. The van der Waals surface area contributed by atoms with Gasteiger partial charge in [0.1, 0.15) is 5.69 Å². The zero-order chi connectivity index (χ0) is 11.0. The van der Waals surface area contributed by atoms with Gasteiger partial charge in [-0.15, -0.1) is 18.6 Å². The second-order valence-corrected chi connectivity index (χ2v) is 5.79. The standard InChI is InChI=1S/C6H4IN9/c1-2-3-4(10-14-13-7-2)9-6-5(8-3)11-15-16-12-6/h2H,1H3. The highest BCUT2D eigenvalue weighted by molar-refractivity contribution is 14.2. The summed E-state index contributed by atoms with van der Waals surface area (Å²) in [5.74, 6) is 0.447. The van der Waals surface area contributed by atoms with E-state index in [1.807, 2.05) is 6.92 Å². The predicted octanol–water partition coefficient (Wildman–Crippen LogP) is 1.44. The molecule has 0 radical (unpaired) electrons. The summed E-state index contributed by atoms with van der Waals surface area (Å²) in [5.41, 5.74) is 1.45. The van der Waals surface area contributed by atoms with Crippen molar-refractivity contribution in [1.82, 2.24) is 30.6 Å². The summed E-state index contributed by atoms with van der Waals surface area (Å²) >= 11 is -0.443. The molecule has 10 heteroatoms. The largest absolute Gasteiger partial charge is 0.225 e. The van der Waals surface area contributed by atoms with E-state index in [2.05, 4.69) is 44.2 Å². The highest BCUT2D eigenvalue weighted by Gasteiger charge is 2.17. The second kappa shape index (κ2) is 3.77. The minimum Gasteiger partial charge on any atom is -0.223 e. The molecule has 0 bridgehead atoms. The Bertz CT molecular complexity index is 608. The lowest BCUT2D eigenvalue weighted by molar-refractivity contribution is 0.778. The Labute approximate surface area is 98.9 Å². The van der Waals surface area contributed by atoms with Crippen LogP contribution in [0.15, 0.2) is 13.6 Å². The normalized spacial score (nSPS) is 18.9. The number of fused-ring (bicyclic) bond motifs is 2. The summed E-state index contributed by atoms with van der Waals surface area (Å²) in [6.07, 6.45) is 0. The summed E-state index contributed by atoms with van der Waals surface area (Å²) in [6, 6.07) is 0. The van der Waals surface area contributed by atoms with E-state index in [9.17, 15) is 0 Å². The molecule has 0 N–H and O–H groups in total. The number of halogens is 1. The number of nitrogens with zero attached hydrogens (tertiary/aromatic N) is 9. The molecular formula is C6H4IN9. The minimum absolute atomic E-state index is 0.204. The van der Waals surface area contributed by atoms with Gasteiger partial charge in [-0.05, 0) is 22.6 Å². The third-order valence-corrected chi connectivity index (χ3v) is 3.79. The molecule has 1 atom stereocenters. The van der Waals surface area contributed by atoms with E-state index in [1.165, 1.54) is 0 Å². The second-order valence-electron chi connectivity index (χ2n) is 2.94. The molecule has 0 amide bonds. The summed E-state index contributed by atoms with van der Waals surface area (Å²) in [6.45, 7) is 2.02. The van der Waals surface area contributed by atoms with Crippen molar-refractivity contribution in [3.8, 4) is 0 Å². The minimum atomic E-state index is -0.443. The van der Waals surface area contributed by atoms with Crippen LogP contribution in [0.5, 0.6) is 0 Å². The van der Waals surface area contributed by atoms with Gasteiger partial charge in [-0.1, -0.05) is 0 Å². The highest BCUT2D eigenvalue weighted by atomic mass is 127. The van der Waals surface area contributed by atoms with Crippen molar-refractivity contribution >= 4 is 38.1 Å². The monoisotopic (exact) mass is 329 g/mol. The van der Waals surface area contributed by atoms with E-state index in [0.29, 0.717) is 17.1 Å². The van der Waals surface area contributed by atoms with E-state index in [0.717, 1.165) is 5.69 Å². The van der Waals surface area contributed by atoms with Crippen molar-refractivity contribution in [2.75, 3.05) is 0 Å². The van der Waals surface area contributed by atoms with Crippen molar-refractivity contribution in [2.45, 2.75) is 10.8 Å². The van der Waals surface area contributed by atoms with Gasteiger partial charge in [-0.2, -0.15) is 0 Å². The van der Waals surface area contributed by atoms with E-state index < -0.39 is 21.0 Å². The first-order valence-electron chi connectivity index (χ1n) is 4.32. The lowest BCUT2D eigenvalue weighted by Gasteiger charge is -2.03. The Hall–Kier alpha value is -1.59. The smallest absolute Gasteiger partial charge is 0.223 e. The van der Waals surface area contributed by atoms with Crippen LogP contribution in [0.25, 0.3) is 11.3 Å². The van der Waals surface area contributed by atoms with Crippen LogP contribution >= 0.6 is 21.0 Å². The summed E-state index contributed by atoms with van der Waals surface area (Å²) < 4.78 is 4.18. The molecule has 2 aromatic rings. The molecule has 0 spiro atoms. The maximum absolute atomic E-state index is 4.33. The highest BCUT2D eigenvalue weighted by Crippen LogP contribution is 2.36. The molecule has 3 rings (SSSR count). The van der Waals surface area contributed by atoms with Crippen LogP contribution < -0.4 is 0 Å². The van der Waals surface area contributed by atoms with Crippen LogP contribution in [0.4, 0.5) is 5.82 Å². The van der Waals surface area contributed by atoms with Gasteiger partial charge in [0.25, 0.3) is 0 Å². The molecule has 0 saturated heterocycles. The quantitative estimate of drug-likeness (QED) is 0.533. The fourth-order valence-corrected chi connectivity index (χ4v) is 2.47. The average molecular weight is 329 g/mol. The molecule has 0 aromatic carbocycles. The molecule has 1 unspecified atom stereocenters. The SMILES string of the molecule is CC1I=NN=Nc2nc3nnnnc3nc21. The zero-order valence-electron chi connectivity index (χ0n) is 7.98. The Morgan fingerprint density at radius 2 is 1.81 bits per heavy atom. The van der Waals surface area contributed by atoms with Gasteiger partial charge in [-0.3, -0.25) is 0 Å². The third kappa shape index (κ3) is 1.54. The summed E-state index contributed by atoms with van der Waals surface area (Å²) in [4.78, 5) is 8.52. The van der Waals surface area contributed by atoms with Crippen LogP contribution in [0.3, 0.4) is 0 Å². The van der Waals surface area contributed by atoms with E-state index >= 15 is 0 Å². The first-order chi connectivity index (χ1) is 7.84. The first kappa shape index (κ1) is 9.62. The van der Waals surface area contributed by atoms with Gasteiger partial charge in [0, 0.05) is 21.0 Å². The zero-order valence-corrected chi connectivity index (χ0v) is 10.1. The van der Waals surface area contributed by atoms with Gasteiger partial charge in [0.15, 0.2) is 0 Å². The maximum Gasteiger partial charge on any atom is 0.225 e. The molecule has 80 valence electrons. The fraction of sp³-hybridized carbons (Fsp3) is 0.333. The van der Waals surface area contributed by atoms with Gasteiger partial charge in [0.05, 0.1) is 3.92 Å². The number of hydrogen-bond acceptors (Lipinski definition) is 9. The van der Waals surface area contributed by atoms with E-state index in [4.69, 9.17) is 0 Å². The van der Waals surface area contributed by atoms with Crippen molar-refractivity contribution in [2.24, 2.45) is 13.6 Å². The molecule has 9 nitrogen and oxygen atoms in total. The van der Waals surface area contributed by atoms with Crippen LogP contribution in [0.1, 0.15) is 16.5 Å². The maximum atomic E-state index is 4.33. The third-order valence-electron chi connectivity index (χ3n) is 1.93. The van der Waals surface area contributed by atoms with Crippen LogP contribution in [0, 0.1) is 0 Å². The topological polar surface area (TPSA) is 114 Å². The average Bonchev–Trinajstić information content (AvgIpc) is 2.49. The predicted molar refractivity (Wildman–Crippen MR) is 60.1 cm³/mol. The Balaban J connectivity index is 2.32. The van der Waals surface area contributed by atoms with Crippen LogP contribution in [-0.2, 0) is 0 Å². The van der Waals surface area contributed by atoms with Crippen molar-refractivity contribution < 1.29 is 0 Å². The van der Waals surface area contributed by atoms with Gasteiger partial charge in [0.2, 0.25) is 17.1 Å². The van der Waals surface area contributed by atoms with Crippen LogP contribution in [0.2, 0.25) is 0 Å². The number of alkyl halides is 1. The lowest BCUT2D eigenvalue weighted by Crippen LogP contribution is -2.01. The fourth-order valence-electron chi connectivity index (χ4n) is 1.21. The van der Waals surface area contributed by atoms with Crippen molar-refractivity contribution in [3.63, 3.8) is 0 Å². The Kier molecular flexibility index (Phi) is 2.27. The van der Waals surface area contributed by atoms with Crippen molar-refractivity contribution in [1.29, 1.82) is 0 Å². The Morgan fingerprint density at radius 1 is 1.06 bits per heavy atom. The molecule has 0 fully saturated rings. The van der Waals surface area contributed by atoms with E-state index in [-0.39, 0.29) is 3.92 Å². The first-order valence-corrected chi connectivity index (χ1v) is 6.53. The van der Waals surface area contributed by atoms with Gasteiger partial charge in [-0.25, -0.2) is 9.97 Å². The number of hydrogen-bond donors (Lipinski definition) is 0. The molecule has 3 heterocycles. The van der Waals surface area contributed by atoms with Gasteiger partial charge < -0.3 is 0 Å². The molecule has 0 aliphatic carbocycles. The van der Waals surface area contributed by atoms with Crippen molar-refractivity contribution in [3.05, 3.63) is 5.69 Å². The Morgan fingerprint density at radius 3 is 2.62 bits per heavy atom. The molecule has 0 saturated carbocycles. The molecule has 2 aromatic heterocycles. The molecule has 1 aliphatic heterocycles.